The summed E-state index contributed by atoms with van der Waals surface area (Å²) in [7, 11) is 1.63. The van der Waals surface area contributed by atoms with Crippen molar-refractivity contribution in [1.82, 2.24) is 0 Å². The molecule has 3 atom stereocenters. The van der Waals surface area contributed by atoms with E-state index in [-0.39, 0.29) is 17.6 Å². The summed E-state index contributed by atoms with van der Waals surface area (Å²) in [5, 5.41) is 0.0328. The lowest BCUT2D eigenvalue weighted by Gasteiger charge is -2.40. The molecule has 0 radical (unpaired) electrons. The average molecular weight is 415 g/mol. The summed E-state index contributed by atoms with van der Waals surface area (Å²) in [5.41, 5.74) is 0. The molecule has 1 aliphatic rings. The van der Waals surface area contributed by atoms with E-state index in [9.17, 15) is 0 Å². The number of benzene rings is 1. The predicted molar refractivity (Wildman–Crippen MR) is 82.5 cm³/mol. The molecule has 106 valence electrons. The first-order valence-corrected chi connectivity index (χ1v) is 8.04. The number of rotatable bonds is 5. The molecular weight excluding hydrogens is 399 g/mol. The predicted octanol–water partition coefficient (Wildman–Crippen LogP) is 4.38. The highest BCUT2D eigenvalue weighted by molar-refractivity contribution is 9.11. The quantitative estimate of drug-likeness (QED) is 0.669. The molecular formula is C13H15Br2ClO3. The molecule has 0 N–H and O–H groups in total. The van der Waals surface area contributed by atoms with Crippen LogP contribution in [-0.4, -0.2) is 31.3 Å². The standard InChI is InChI=1S/C13H15Br2ClO3/c1-3-18-13-9(16)6-12(13)19-11-5-7(14)10(17-2)4-8(11)15/h4-5,9,12-13H,3,6H2,1-2H3. The zero-order chi connectivity index (χ0) is 14.0. The van der Waals surface area contributed by atoms with Gasteiger partial charge in [0.25, 0.3) is 0 Å². The first-order valence-electron chi connectivity index (χ1n) is 6.02. The maximum Gasteiger partial charge on any atom is 0.135 e. The second-order valence-corrected chi connectivity index (χ2v) is 6.51. The number of alkyl halides is 1. The van der Waals surface area contributed by atoms with Gasteiger partial charge < -0.3 is 14.2 Å². The molecule has 1 aromatic carbocycles. The van der Waals surface area contributed by atoms with Crippen molar-refractivity contribution in [3.05, 3.63) is 21.1 Å². The van der Waals surface area contributed by atoms with Crippen LogP contribution < -0.4 is 9.47 Å². The fourth-order valence-electron chi connectivity index (χ4n) is 1.97. The normalized spacial score (nSPS) is 25.8. The molecule has 1 saturated carbocycles. The van der Waals surface area contributed by atoms with Crippen molar-refractivity contribution >= 4 is 43.5 Å². The minimum Gasteiger partial charge on any atom is -0.496 e. The van der Waals surface area contributed by atoms with Gasteiger partial charge in [0, 0.05) is 13.0 Å². The van der Waals surface area contributed by atoms with E-state index in [2.05, 4.69) is 31.9 Å². The molecule has 0 aromatic heterocycles. The van der Waals surface area contributed by atoms with Gasteiger partial charge in [-0.25, -0.2) is 0 Å². The van der Waals surface area contributed by atoms with E-state index in [0.717, 1.165) is 26.9 Å². The van der Waals surface area contributed by atoms with Gasteiger partial charge in [0.15, 0.2) is 0 Å². The van der Waals surface area contributed by atoms with Crippen LogP contribution in [0.4, 0.5) is 0 Å². The van der Waals surface area contributed by atoms with Crippen LogP contribution in [0.3, 0.4) is 0 Å². The fourth-order valence-corrected chi connectivity index (χ4v) is 3.28. The first kappa shape index (κ1) is 15.4. The van der Waals surface area contributed by atoms with Gasteiger partial charge >= 0.3 is 0 Å². The Morgan fingerprint density at radius 3 is 2.47 bits per heavy atom. The van der Waals surface area contributed by atoms with Crippen LogP contribution in [0.2, 0.25) is 0 Å². The molecule has 3 unspecified atom stereocenters. The van der Waals surface area contributed by atoms with E-state index in [1.54, 1.807) is 7.11 Å². The summed E-state index contributed by atoms with van der Waals surface area (Å²) in [6, 6.07) is 3.75. The number of hydrogen-bond donors (Lipinski definition) is 0. The van der Waals surface area contributed by atoms with Gasteiger partial charge in [0.05, 0.1) is 21.4 Å². The topological polar surface area (TPSA) is 27.7 Å². The van der Waals surface area contributed by atoms with Crippen LogP contribution in [0, 0.1) is 0 Å². The Morgan fingerprint density at radius 2 is 1.89 bits per heavy atom. The van der Waals surface area contributed by atoms with E-state index in [4.69, 9.17) is 25.8 Å². The summed E-state index contributed by atoms with van der Waals surface area (Å²) < 4.78 is 18.5. The van der Waals surface area contributed by atoms with E-state index in [1.807, 2.05) is 19.1 Å². The molecule has 0 heterocycles. The average Bonchev–Trinajstić information content (AvgIpc) is 2.39. The number of methoxy groups -OCH3 is 1. The first-order chi connectivity index (χ1) is 9.06. The minimum atomic E-state index is -0.0422. The fraction of sp³-hybridized carbons (Fsp3) is 0.538. The molecule has 3 nitrogen and oxygen atoms in total. The van der Waals surface area contributed by atoms with Crippen LogP contribution >= 0.6 is 43.5 Å². The Bertz CT molecular complexity index is 456. The van der Waals surface area contributed by atoms with Crippen molar-refractivity contribution < 1.29 is 14.2 Å². The summed E-state index contributed by atoms with van der Waals surface area (Å²) in [6.45, 7) is 2.60. The summed E-state index contributed by atoms with van der Waals surface area (Å²) >= 11 is 13.1. The number of ether oxygens (including phenoxy) is 3. The summed E-state index contributed by atoms with van der Waals surface area (Å²) in [6.07, 6.45) is 0.751. The van der Waals surface area contributed by atoms with E-state index in [1.165, 1.54) is 0 Å². The molecule has 0 bridgehead atoms. The van der Waals surface area contributed by atoms with E-state index >= 15 is 0 Å². The Labute approximate surface area is 134 Å². The molecule has 0 amide bonds. The lowest BCUT2D eigenvalue weighted by atomic mass is 9.91. The molecule has 1 aromatic rings. The second kappa shape index (κ2) is 6.66. The van der Waals surface area contributed by atoms with Crippen LogP contribution in [0.1, 0.15) is 13.3 Å². The van der Waals surface area contributed by atoms with Gasteiger partial charge in [-0.3, -0.25) is 0 Å². The Balaban J connectivity index is 2.09. The molecule has 0 spiro atoms. The van der Waals surface area contributed by atoms with Gasteiger partial charge in [-0.2, -0.15) is 0 Å². The Hall–Kier alpha value is 0.0300. The van der Waals surface area contributed by atoms with Crippen molar-refractivity contribution in [2.45, 2.75) is 30.9 Å². The maximum absolute atomic E-state index is 6.13. The second-order valence-electron chi connectivity index (χ2n) is 4.25. The smallest absolute Gasteiger partial charge is 0.135 e. The number of hydrogen-bond acceptors (Lipinski definition) is 3. The molecule has 0 aliphatic heterocycles. The third kappa shape index (κ3) is 3.38. The SMILES string of the molecule is CCOC1C(Cl)CC1Oc1cc(Br)c(OC)cc1Br. The lowest BCUT2D eigenvalue weighted by molar-refractivity contribution is -0.0762. The highest BCUT2D eigenvalue weighted by Gasteiger charge is 2.42. The third-order valence-electron chi connectivity index (χ3n) is 3.02. The van der Waals surface area contributed by atoms with Crippen molar-refractivity contribution in [3.8, 4) is 11.5 Å². The zero-order valence-corrected chi connectivity index (χ0v) is 14.6. The van der Waals surface area contributed by atoms with Gasteiger partial charge in [-0.1, -0.05) is 0 Å². The molecule has 6 heteroatoms. The molecule has 1 aliphatic carbocycles. The van der Waals surface area contributed by atoms with Crippen molar-refractivity contribution in [2.75, 3.05) is 13.7 Å². The Morgan fingerprint density at radius 1 is 1.26 bits per heavy atom. The van der Waals surface area contributed by atoms with Crippen molar-refractivity contribution in [1.29, 1.82) is 0 Å². The van der Waals surface area contributed by atoms with Gasteiger partial charge in [-0.15, -0.1) is 11.6 Å². The monoisotopic (exact) mass is 412 g/mol. The lowest BCUT2D eigenvalue weighted by Crippen LogP contribution is -2.52. The van der Waals surface area contributed by atoms with E-state index < -0.39 is 0 Å². The van der Waals surface area contributed by atoms with Crippen molar-refractivity contribution in [3.63, 3.8) is 0 Å². The van der Waals surface area contributed by atoms with Gasteiger partial charge in [0.2, 0.25) is 0 Å². The third-order valence-corrected chi connectivity index (χ3v) is 4.69. The summed E-state index contributed by atoms with van der Waals surface area (Å²) in [4.78, 5) is 0. The van der Waals surface area contributed by atoms with E-state index in [0.29, 0.717) is 6.61 Å². The zero-order valence-electron chi connectivity index (χ0n) is 10.7. The van der Waals surface area contributed by atoms with Crippen LogP contribution in [0.5, 0.6) is 11.5 Å². The maximum atomic E-state index is 6.13. The molecule has 19 heavy (non-hydrogen) atoms. The van der Waals surface area contributed by atoms with Crippen LogP contribution in [0.15, 0.2) is 21.1 Å². The van der Waals surface area contributed by atoms with Crippen LogP contribution in [0.25, 0.3) is 0 Å². The highest BCUT2D eigenvalue weighted by atomic mass is 79.9. The largest absolute Gasteiger partial charge is 0.496 e. The Kier molecular flexibility index (Phi) is 5.40. The number of halogens is 3. The molecule has 2 rings (SSSR count). The van der Waals surface area contributed by atoms with Crippen molar-refractivity contribution in [2.24, 2.45) is 0 Å². The molecule has 1 fully saturated rings. The highest BCUT2D eigenvalue weighted by Crippen LogP contribution is 2.39. The van der Waals surface area contributed by atoms with Gasteiger partial charge in [0.1, 0.15) is 23.7 Å². The summed E-state index contributed by atoms with van der Waals surface area (Å²) in [5.74, 6) is 1.51. The van der Waals surface area contributed by atoms with Gasteiger partial charge in [-0.05, 0) is 50.9 Å². The molecule has 0 saturated heterocycles. The van der Waals surface area contributed by atoms with Crippen LogP contribution in [-0.2, 0) is 4.74 Å². The minimum absolute atomic E-state index is 0.000884.